The number of nitrogens with two attached hydrogens (primary N) is 1. The Kier molecular flexibility index (Phi) is 4.91. The van der Waals surface area contributed by atoms with Crippen LogP contribution in [0.3, 0.4) is 0 Å². The number of hydrogen-bond donors (Lipinski definition) is 1. The molecule has 1 fully saturated rings. The average Bonchev–Trinajstić information content (AvgIpc) is 2.35. The van der Waals surface area contributed by atoms with E-state index in [2.05, 4.69) is 11.8 Å². The van der Waals surface area contributed by atoms with Crippen LogP contribution >= 0.6 is 23.2 Å². The predicted octanol–water partition coefficient (Wildman–Crippen LogP) is 3.73. The second kappa shape index (κ2) is 6.25. The fourth-order valence-electron chi connectivity index (χ4n) is 2.62. The summed E-state index contributed by atoms with van der Waals surface area (Å²) in [6.45, 7) is 5.00. The largest absolute Gasteiger partial charge is 0.329 e. The van der Waals surface area contributed by atoms with Crippen molar-refractivity contribution in [1.82, 2.24) is 4.90 Å². The highest BCUT2D eigenvalue weighted by Crippen LogP contribution is 2.34. The summed E-state index contributed by atoms with van der Waals surface area (Å²) < 4.78 is 0. The van der Waals surface area contributed by atoms with E-state index in [4.69, 9.17) is 28.9 Å². The summed E-state index contributed by atoms with van der Waals surface area (Å²) in [7, 11) is 0. The molecule has 1 saturated heterocycles. The molecule has 2 N–H and O–H groups in total. The van der Waals surface area contributed by atoms with Crippen molar-refractivity contribution in [3.8, 4) is 0 Å². The van der Waals surface area contributed by atoms with Crippen molar-refractivity contribution in [3.63, 3.8) is 0 Å². The van der Waals surface area contributed by atoms with E-state index in [1.165, 1.54) is 12.8 Å². The van der Waals surface area contributed by atoms with E-state index in [9.17, 15) is 0 Å². The Morgan fingerprint density at radius 1 is 1.28 bits per heavy atom. The van der Waals surface area contributed by atoms with Gasteiger partial charge in [0.05, 0.1) is 0 Å². The zero-order valence-electron chi connectivity index (χ0n) is 10.7. The van der Waals surface area contributed by atoms with E-state index in [-0.39, 0.29) is 6.04 Å². The quantitative estimate of drug-likeness (QED) is 0.918. The zero-order valence-corrected chi connectivity index (χ0v) is 12.2. The van der Waals surface area contributed by atoms with E-state index in [1.807, 2.05) is 18.2 Å². The third-order valence-electron chi connectivity index (χ3n) is 3.82. The Hall–Kier alpha value is -0.280. The van der Waals surface area contributed by atoms with E-state index < -0.39 is 0 Å². The molecule has 1 heterocycles. The molecule has 2 rings (SSSR count). The van der Waals surface area contributed by atoms with Crippen molar-refractivity contribution in [3.05, 3.63) is 33.8 Å². The zero-order chi connectivity index (χ0) is 13.1. The van der Waals surface area contributed by atoms with Crippen molar-refractivity contribution in [2.45, 2.75) is 25.8 Å². The third kappa shape index (κ3) is 3.00. The molecule has 1 unspecified atom stereocenters. The van der Waals surface area contributed by atoms with Gasteiger partial charge in [0.15, 0.2) is 0 Å². The molecule has 0 bridgehead atoms. The molecule has 0 radical (unpaired) electrons. The lowest BCUT2D eigenvalue weighted by atomic mass is 9.95. The summed E-state index contributed by atoms with van der Waals surface area (Å²) >= 11 is 12.6. The van der Waals surface area contributed by atoms with Crippen LogP contribution in [-0.4, -0.2) is 24.5 Å². The Balaban J connectivity index is 2.23. The van der Waals surface area contributed by atoms with Crippen molar-refractivity contribution in [2.24, 2.45) is 11.7 Å². The van der Waals surface area contributed by atoms with E-state index in [0.717, 1.165) is 34.6 Å². The van der Waals surface area contributed by atoms with Gasteiger partial charge >= 0.3 is 0 Å². The van der Waals surface area contributed by atoms with E-state index in [0.29, 0.717) is 6.54 Å². The molecule has 2 nitrogen and oxygen atoms in total. The summed E-state index contributed by atoms with van der Waals surface area (Å²) in [5, 5.41) is 1.44. The Morgan fingerprint density at radius 2 is 1.83 bits per heavy atom. The average molecular weight is 287 g/mol. The van der Waals surface area contributed by atoms with Crippen LogP contribution in [-0.2, 0) is 0 Å². The smallest absolute Gasteiger partial charge is 0.0500 e. The first-order chi connectivity index (χ1) is 8.63. The van der Waals surface area contributed by atoms with Gasteiger partial charge in [0.2, 0.25) is 0 Å². The highest BCUT2D eigenvalue weighted by atomic mass is 35.5. The monoisotopic (exact) mass is 286 g/mol. The van der Waals surface area contributed by atoms with Gasteiger partial charge in [-0.15, -0.1) is 0 Å². The standard InChI is InChI=1S/C14H20Cl2N2/c1-10-5-7-18(8-6-10)13(9-17)14-11(15)3-2-4-12(14)16/h2-4,10,13H,5-9,17H2,1H3. The number of nitrogens with zero attached hydrogens (tertiary/aromatic N) is 1. The first-order valence-corrected chi connectivity index (χ1v) is 7.27. The number of hydrogen-bond acceptors (Lipinski definition) is 2. The minimum atomic E-state index is 0.138. The minimum absolute atomic E-state index is 0.138. The maximum absolute atomic E-state index is 6.28. The van der Waals surface area contributed by atoms with Gasteiger partial charge in [0.1, 0.15) is 0 Å². The summed E-state index contributed by atoms with van der Waals surface area (Å²) in [5.74, 6) is 0.807. The Bertz CT molecular complexity index is 381. The van der Waals surface area contributed by atoms with Crippen LogP contribution < -0.4 is 5.73 Å². The fraction of sp³-hybridized carbons (Fsp3) is 0.571. The van der Waals surface area contributed by atoms with Crippen molar-refractivity contribution in [2.75, 3.05) is 19.6 Å². The number of piperidine rings is 1. The van der Waals surface area contributed by atoms with Crippen LogP contribution in [0.25, 0.3) is 0 Å². The van der Waals surface area contributed by atoms with Crippen molar-refractivity contribution in [1.29, 1.82) is 0 Å². The van der Waals surface area contributed by atoms with Crippen LogP contribution in [0.4, 0.5) is 0 Å². The molecule has 1 aliphatic rings. The predicted molar refractivity (Wildman–Crippen MR) is 78.2 cm³/mol. The molecule has 1 aromatic rings. The molecule has 0 saturated carbocycles. The summed E-state index contributed by atoms with van der Waals surface area (Å²) in [5.41, 5.74) is 6.93. The number of rotatable bonds is 3. The van der Waals surface area contributed by atoms with Gasteiger partial charge in [0, 0.05) is 28.2 Å². The lowest BCUT2D eigenvalue weighted by Gasteiger charge is -2.37. The molecule has 0 aliphatic carbocycles. The Labute approximate surface area is 119 Å². The van der Waals surface area contributed by atoms with E-state index >= 15 is 0 Å². The summed E-state index contributed by atoms with van der Waals surface area (Å²) in [6, 6.07) is 5.79. The van der Waals surface area contributed by atoms with Gasteiger partial charge in [0.25, 0.3) is 0 Å². The maximum atomic E-state index is 6.28. The lowest BCUT2D eigenvalue weighted by molar-refractivity contribution is 0.141. The van der Waals surface area contributed by atoms with Crippen molar-refractivity contribution >= 4 is 23.2 Å². The molecule has 1 atom stereocenters. The normalized spacial score (nSPS) is 20.0. The SMILES string of the molecule is CC1CCN(C(CN)c2c(Cl)cccc2Cl)CC1. The van der Waals surface area contributed by atoms with Gasteiger partial charge < -0.3 is 5.73 Å². The number of halogens is 2. The Morgan fingerprint density at radius 3 is 2.33 bits per heavy atom. The van der Waals surface area contributed by atoms with Gasteiger partial charge in [-0.25, -0.2) is 0 Å². The molecule has 0 aromatic heterocycles. The van der Waals surface area contributed by atoms with Gasteiger partial charge in [-0.2, -0.15) is 0 Å². The van der Waals surface area contributed by atoms with Crippen LogP contribution in [0.15, 0.2) is 18.2 Å². The molecule has 0 amide bonds. The topological polar surface area (TPSA) is 29.3 Å². The highest BCUT2D eigenvalue weighted by molar-refractivity contribution is 6.36. The van der Waals surface area contributed by atoms with Crippen LogP contribution in [0.2, 0.25) is 10.0 Å². The maximum Gasteiger partial charge on any atom is 0.0500 e. The summed E-state index contributed by atoms with van der Waals surface area (Å²) in [4.78, 5) is 2.41. The fourth-order valence-corrected chi connectivity index (χ4v) is 3.27. The third-order valence-corrected chi connectivity index (χ3v) is 4.47. The van der Waals surface area contributed by atoms with Crippen LogP contribution in [0.5, 0.6) is 0 Å². The number of benzene rings is 1. The second-order valence-electron chi connectivity index (χ2n) is 5.11. The molecule has 1 aliphatic heterocycles. The molecular weight excluding hydrogens is 267 g/mol. The molecule has 18 heavy (non-hydrogen) atoms. The molecule has 4 heteroatoms. The van der Waals surface area contributed by atoms with Gasteiger partial charge in [-0.3, -0.25) is 4.90 Å². The van der Waals surface area contributed by atoms with Crippen LogP contribution in [0, 0.1) is 5.92 Å². The first-order valence-electron chi connectivity index (χ1n) is 6.51. The van der Waals surface area contributed by atoms with Crippen molar-refractivity contribution < 1.29 is 0 Å². The highest BCUT2D eigenvalue weighted by Gasteiger charge is 2.26. The molecule has 0 spiro atoms. The van der Waals surface area contributed by atoms with Crippen LogP contribution in [0.1, 0.15) is 31.4 Å². The van der Waals surface area contributed by atoms with Gasteiger partial charge in [-0.05, 0) is 44.0 Å². The number of likely N-dealkylation sites (tertiary alicyclic amines) is 1. The first kappa shape index (κ1) is 14.1. The van der Waals surface area contributed by atoms with E-state index in [1.54, 1.807) is 0 Å². The minimum Gasteiger partial charge on any atom is -0.329 e. The summed E-state index contributed by atoms with van der Waals surface area (Å²) in [6.07, 6.45) is 2.44. The molecule has 1 aromatic carbocycles. The van der Waals surface area contributed by atoms with Gasteiger partial charge in [-0.1, -0.05) is 36.2 Å². The second-order valence-corrected chi connectivity index (χ2v) is 5.92. The lowest BCUT2D eigenvalue weighted by Crippen LogP contribution is -2.39. The molecule has 100 valence electrons. The molecular formula is C14H20Cl2N2.